The molecule has 22 heavy (non-hydrogen) atoms. The fraction of sp³-hybridized carbons (Fsp3) is 1.00. The van der Waals surface area contributed by atoms with E-state index in [0.29, 0.717) is 17.9 Å². The van der Waals surface area contributed by atoms with Crippen molar-refractivity contribution < 1.29 is 9.92 Å². The SMILES string of the molecule is CCC1CC2(CC)CC(C)(CCN)CC(CO[N+](=O)[O-])(C1)C2. The van der Waals surface area contributed by atoms with E-state index in [1.54, 1.807) is 0 Å². The number of rotatable bonds is 7. The minimum Gasteiger partial charge on any atom is -0.330 e. The summed E-state index contributed by atoms with van der Waals surface area (Å²) in [5.74, 6) is 0.673. The molecule has 0 spiro atoms. The van der Waals surface area contributed by atoms with E-state index < -0.39 is 5.09 Å². The van der Waals surface area contributed by atoms with Crippen molar-refractivity contribution in [3.63, 3.8) is 0 Å². The lowest BCUT2D eigenvalue weighted by Gasteiger charge is -2.60. The van der Waals surface area contributed by atoms with Crippen LogP contribution in [-0.4, -0.2) is 18.2 Å². The minimum absolute atomic E-state index is 0.0375. The van der Waals surface area contributed by atoms with Crippen LogP contribution in [0.4, 0.5) is 0 Å². The summed E-state index contributed by atoms with van der Waals surface area (Å²) in [4.78, 5) is 15.7. The lowest BCUT2D eigenvalue weighted by Crippen LogP contribution is -2.52. The van der Waals surface area contributed by atoms with Crippen LogP contribution >= 0.6 is 0 Å². The highest BCUT2D eigenvalue weighted by Crippen LogP contribution is 2.64. The number of nitrogens with two attached hydrogens (primary N) is 1. The molecule has 0 aromatic rings. The summed E-state index contributed by atoms with van der Waals surface area (Å²) in [5.41, 5.74) is 6.34. The Morgan fingerprint density at radius 1 is 1.23 bits per heavy atom. The van der Waals surface area contributed by atoms with Gasteiger partial charge in [-0.1, -0.05) is 33.6 Å². The molecule has 5 nitrogen and oxygen atoms in total. The van der Waals surface area contributed by atoms with E-state index in [1.165, 1.54) is 12.8 Å². The number of hydrogen-bond donors (Lipinski definition) is 1. The van der Waals surface area contributed by atoms with Crippen molar-refractivity contribution in [2.75, 3.05) is 13.2 Å². The maximum atomic E-state index is 10.8. The largest absolute Gasteiger partial charge is 0.330 e. The molecule has 5 heteroatoms. The summed E-state index contributed by atoms with van der Waals surface area (Å²) in [5, 5.41) is 10.1. The highest BCUT2D eigenvalue weighted by Gasteiger charge is 2.56. The third kappa shape index (κ3) is 3.55. The Bertz CT molecular complexity index is 417. The highest BCUT2D eigenvalue weighted by molar-refractivity contribution is 5.06. The van der Waals surface area contributed by atoms with Gasteiger partial charge in [0.15, 0.2) is 0 Å². The van der Waals surface area contributed by atoms with Gasteiger partial charge in [0.05, 0.1) is 0 Å². The van der Waals surface area contributed by atoms with Crippen molar-refractivity contribution >= 4 is 0 Å². The van der Waals surface area contributed by atoms with Crippen molar-refractivity contribution in [3.8, 4) is 0 Å². The lowest BCUT2D eigenvalue weighted by molar-refractivity contribution is -0.761. The quantitative estimate of drug-likeness (QED) is 0.570. The first-order chi connectivity index (χ1) is 10.3. The van der Waals surface area contributed by atoms with Crippen LogP contribution in [0.3, 0.4) is 0 Å². The third-order valence-corrected chi connectivity index (χ3v) is 6.35. The van der Waals surface area contributed by atoms with Gasteiger partial charge in [-0.2, -0.15) is 0 Å². The topological polar surface area (TPSA) is 78.4 Å². The normalized spacial score (nSPS) is 41.2. The van der Waals surface area contributed by atoms with Gasteiger partial charge in [-0.15, -0.1) is 10.1 Å². The van der Waals surface area contributed by atoms with E-state index in [-0.39, 0.29) is 17.4 Å². The van der Waals surface area contributed by atoms with Crippen molar-refractivity contribution in [2.24, 2.45) is 27.9 Å². The monoisotopic (exact) mass is 312 g/mol. The second-order valence-electron chi connectivity index (χ2n) is 8.41. The molecule has 0 amide bonds. The molecule has 2 aliphatic rings. The maximum Gasteiger partial charge on any atom is 0.294 e. The van der Waals surface area contributed by atoms with Gasteiger partial charge in [0.25, 0.3) is 5.09 Å². The van der Waals surface area contributed by atoms with Crippen molar-refractivity contribution in [3.05, 3.63) is 10.1 Å². The predicted molar refractivity (Wildman–Crippen MR) is 86.7 cm³/mol. The maximum absolute atomic E-state index is 10.8. The smallest absolute Gasteiger partial charge is 0.294 e. The number of hydrogen-bond acceptors (Lipinski definition) is 4. The Hall–Kier alpha value is -0.840. The first-order valence-corrected chi connectivity index (χ1v) is 8.77. The molecule has 4 unspecified atom stereocenters. The second-order valence-corrected chi connectivity index (χ2v) is 8.41. The standard InChI is InChI=1S/C17H32N2O3/c1-4-14-8-16(5-2)10-15(3,6-7-18)11-17(9-14,12-16)13-22-19(20)21/h14H,4-13,18H2,1-3H3. The van der Waals surface area contributed by atoms with E-state index in [4.69, 9.17) is 10.6 Å². The van der Waals surface area contributed by atoms with Gasteiger partial charge in [-0.25, -0.2) is 0 Å². The minimum atomic E-state index is -0.618. The first-order valence-electron chi connectivity index (χ1n) is 8.77. The molecule has 0 aromatic heterocycles. The summed E-state index contributed by atoms with van der Waals surface area (Å²) in [6, 6.07) is 0. The third-order valence-electron chi connectivity index (χ3n) is 6.35. The van der Waals surface area contributed by atoms with Gasteiger partial charge in [-0.3, -0.25) is 0 Å². The van der Waals surface area contributed by atoms with E-state index in [0.717, 1.165) is 38.5 Å². The molecular weight excluding hydrogens is 280 g/mol. The van der Waals surface area contributed by atoms with Gasteiger partial charge in [-0.05, 0) is 67.2 Å². The molecule has 0 radical (unpaired) electrons. The van der Waals surface area contributed by atoms with Gasteiger partial charge in [0, 0.05) is 0 Å². The van der Waals surface area contributed by atoms with Gasteiger partial charge < -0.3 is 10.6 Å². The molecule has 2 rings (SSSR count). The Labute approximate surface area is 134 Å². The Morgan fingerprint density at radius 2 is 1.86 bits per heavy atom. The molecule has 0 aromatic carbocycles. The van der Waals surface area contributed by atoms with Gasteiger partial charge in [0.2, 0.25) is 0 Å². The summed E-state index contributed by atoms with van der Waals surface area (Å²) >= 11 is 0. The summed E-state index contributed by atoms with van der Waals surface area (Å²) in [6.07, 6.45) is 8.97. The molecule has 128 valence electrons. The molecule has 0 heterocycles. The molecule has 0 aliphatic heterocycles. The zero-order valence-corrected chi connectivity index (χ0v) is 14.4. The molecule has 2 bridgehead atoms. The van der Waals surface area contributed by atoms with Crippen molar-refractivity contribution in [1.29, 1.82) is 0 Å². The zero-order valence-electron chi connectivity index (χ0n) is 14.4. The molecule has 2 saturated carbocycles. The van der Waals surface area contributed by atoms with E-state index >= 15 is 0 Å². The number of fused-ring (bicyclic) bond motifs is 2. The van der Waals surface area contributed by atoms with E-state index in [1.807, 2.05) is 0 Å². The first kappa shape index (κ1) is 17.5. The summed E-state index contributed by atoms with van der Waals surface area (Å²) in [6.45, 7) is 7.82. The summed E-state index contributed by atoms with van der Waals surface area (Å²) in [7, 11) is 0. The molecule has 2 aliphatic carbocycles. The van der Waals surface area contributed by atoms with Gasteiger partial charge >= 0.3 is 0 Å². The number of nitrogens with zero attached hydrogens (tertiary/aromatic N) is 1. The second kappa shape index (κ2) is 6.34. The summed E-state index contributed by atoms with van der Waals surface area (Å²) < 4.78 is 0. The molecule has 2 fully saturated rings. The van der Waals surface area contributed by atoms with Crippen molar-refractivity contribution in [1.82, 2.24) is 0 Å². The Kier molecular flexibility index (Phi) is 5.05. The van der Waals surface area contributed by atoms with E-state index in [9.17, 15) is 10.1 Å². The van der Waals surface area contributed by atoms with Crippen LogP contribution in [0.2, 0.25) is 0 Å². The average molecular weight is 312 g/mol. The van der Waals surface area contributed by atoms with E-state index in [2.05, 4.69) is 20.8 Å². The van der Waals surface area contributed by atoms with Crippen LogP contribution in [0.1, 0.15) is 72.1 Å². The molecule has 2 N–H and O–H groups in total. The average Bonchev–Trinajstić information content (AvgIpc) is 2.44. The van der Waals surface area contributed by atoms with Crippen LogP contribution in [0.15, 0.2) is 0 Å². The fourth-order valence-electron chi connectivity index (χ4n) is 5.94. The van der Waals surface area contributed by atoms with Crippen LogP contribution in [0.5, 0.6) is 0 Å². The Morgan fingerprint density at radius 3 is 2.41 bits per heavy atom. The zero-order chi connectivity index (χ0) is 16.4. The molecular formula is C17H32N2O3. The van der Waals surface area contributed by atoms with Crippen LogP contribution < -0.4 is 5.73 Å². The fourth-order valence-corrected chi connectivity index (χ4v) is 5.94. The van der Waals surface area contributed by atoms with Crippen LogP contribution in [-0.2, 0) is 4.84 Å². The molecule has 4 atom stereocenters. The predicted octanol–water partition coefficient (Wildman–Crippen LogP) is 3.94. The van der Waals surface area contributed by atoms with Crippen LogP contribution in [0.25, 0.3) is 0 Å². The van der Waals surface area contributed by atoms with Crippen LogP contribution in [0, 0.1) is 32.3 Å². The van der Waals surface area contributed by atoms with Gasteiger partial charge in [0.1, 0.15) is 6.61 Å². The molecule has 0 saturated heterocycles. The van der Waals surface area contributed by atoms with Crippen molar-refractivity contribution in [2.45, 2.75) is 72.1 Å². The Balaban J connectivity index is 2.30. The lowest BCUT2D eigenvalue weighted by atomic mass is 9.45. The highest BCUT2D eigenvalue weighted by atomic mass is 16.9.